The van der Waals surface area contributed by atoms with E-state index in [1.807, 2.05) is 6.20 Å². The Kier molecular flexibility index (Phi) is 5.80. The van der Waals surface area contributed by atoms with Gasteiger partial charge in [-0.15, -0.1) is 0 Å². The molecule has 1 unspecified atom stereocenters. The van der Waals surface area contributed by atoms with Crippen LogP contribution >= 0.6 is 0 Å². The van der Waals surface area contributed by atoms with Crippen molar-refractivity contribution in [3.63, 3.8) is 0 Å². The summed E-state index contributed by atoms with van der Waals surface area (Å²) in [4.78, 5) is 9.68. The molecule has 2 heterocycles. The Morgan fingerprint density at radius 2 is 1.85 bits per heavy atom. The van der Waals surface area contributed by atoms with Crippen LogP contribution in [-0.4, -0.2) is 35.4 Å². The van der Waals surface area contributed by atoms with Gasteiger partial charge in [-0.3, -0.25) is 0 Å². The van der Waals surface area contributed by atoms with Crippen LogP contribution in [0.1, 0.15) is 43.3 Å². The molecule has 0 saturated heterocycles. The van der Waals surface area contributed by atoms with E-state index in [0.29, 0.717) is 6.61 Å². The molecule has 5 nitrogen and oxygen atoms in total. The molecular weight excluding hydrogens is 338 g/mol. The Morgan fingerprint density at radius 3 is 2.48 bits per heavy atom. The zero-order chi connectivity index (χ0) is 19.6. The molecule has 0 aliphatic rings. The summed E-state index contributed by atoms with van der Waals surface area (Å²) in [5.41, 5.74) is 6.46. The van der Waals surface area contributed by atoms with Gasteiger partial charge in [-0.25, -0.2) is 9.97 Å². The number of rotatable bonds is 7. The minimum absolute atomic E-state index is 0.233. The number of benzene rings is 1. The molecule has 0 bridgehead atoms. The van der Waals surface area contributed by atoms with Gasteiger partial charge in [0.15, 0.2) is 5.65 Å². The van der Waals surface area contributed by atoms with Gasteiger partial charge >= 0.3 is 0 Å². The summed E-state index contributed by atoms with van der Waals surface area (Å²) in [7, 11) is 3.46. The minimum atomic E-state index is 0.233. The molecule has 5 heteroatoms. The van der Waals surface area contributed by atoms with E-state index in [1.165, 1.54) is 11.1 Å². The third-order valence-electron chi connectivity index (χ3n) is 5.20. The van der Waals surface area contributed by atoms with E-state index in [9.17, 15) is 0 Å². The van der Waals surface area contributed by atoms with Crippen molar-refractivity contribution in [2.24, 2.45) is 0 Å². The van der Waals surface area contributed by atoms with Crippen LogP contribution in [0.15, 0.2) is 24.4 Å². The zero-order valence-electron chi connectivity index (χ0n) is 17.2. The van der Waals surface area contributed by atoms with Gasteiger partial charge in [0.1, 0.15) is 17.1 Å². The third kappa shape index (κ3) is 3.44. The van der Waals surface area contributed by atoms with Gasteiger partial charge in [0, 0.05) is 25.3 Å². The van der Waals surface area contributed by atoms with Gasteiger partial charge in [-0.2, -0.15) is 0 Å². The molecule has 3 rings (SSSR count). The highest BCUT2D eigenvalue weighted by atomic mass is 16.5. The molecule has 27 heavy (non-hydrogen) atoms. The molecule has 0 aliphatic carbocycles. The first-order chi connectivity index (χ1) is 13.0. The SMILES string of the molecule is CCc1nc2c(-c3cc(C)c(OC)cc3C)ccnc2n1C(CC)COC. The first-order valence-electron chi connectivity index (χ1n) is 9.55. The van der Waals surface area contributed by atoms with Crippen LogP contribution in [0.25, 0.3) is 22.3 Å². The minimum Gasteiger partial charge on any atom is -0.496 e. The molecule has 1 atom stereocenters. The molecule has 0 spiro atoms. The molecule has 144 valence electrons. The number of aromatic nitrogens is 3. The fraction of sp³-hybridized carbons (Fsp3) is 0.455. The number of ether oxygens (including phenoxy) is 2. The lowest BCUT2D eigenvalue weighted by molar-refractivity contribution is 0.153. The molecule has 0 aliphatic heterocycles. The molecule has 0 fully saturated rings. The fourth-order valence-electron chi connectivity index (χ4n) is 3.75. The number of imidazole rings is 1. The summed E-state index contributed by atoms with van der Waals surface area (Å²) in [6, 6.07) is 6.57. The number of pyridine rings is 1. The lowest BCUT2D eigenvalue weighted by Crippen LogP contribution is -2.16. The van der Waals surface area contributed by atoms with Gasteiger partial charge in [0.05, 0.1) is 19.8 Å². The second-order valence-corrected chi connectivity index (χ2v) is 6.94. The number of methoxy groups -OCH3 is 2. The molecule has 0 radical (unpaired) electrons. The summed E-state index contributed by atoms with van der Waals surface area (Å²) in [6.45, 7) is 9.15. The summed E-state index contributed by atoms with van der Waals surface area (Å²) in [5, 5.41) is 0. The van der Waals surface area contributed by atoms with Crippen molar-refractivity contribution in [3.05, 3.63) is 41.3 Å². The van der Waals surface area contributed by atoms with E-state index >= 15 is 0 Å². The first-order valence-corrected chi connectivity index (χ1v) is 9.55. The quantitative estimate of drug-likeness (QED) is 0.597. The Hall–Kier alpha value is -2.40. The van der Waals surface area contributed by atoms with Crippen molar-refractivity contribution in [1.82, 2.24) is 14.5 Å². The second kappa shape index (κ2) is 8.09. The smallest absolute Gasteiger partial charge is 0.160 e. The Balaban J connectivity index is 2.25. The monoisotopic (exact) mass is 367 g/mol. The van der Waals surface area contributed by atoms with Crippen LogP contribution in [-0.2, 0) is 11.2 Å². The Labute approximate surface area is 161 Å². The summed E-state index contributed by atoms with van der Waals surface area (Å²) < 4.78 is 13.2. The highest BCUT2D eigenvalue weighted by Gasteiger charge is 2.21. The maximum absolute atomic E-state index is 5.47. The van der Waals surface area contributed by atoms with Crippen LogP contribution in [0.4, 0.5) is 0 Å². The van der Waals surface area contributed by atoms with E-state index < -0.39 is 0 Å². The van der Waals surface area contributed by atoms with Crippen molar-refractivity contribution >= 4 is 11.2 Å². The summed E-state index contributed by atoms with van der Waals surface area (Å²) in [6.07, 6.45) is 3.71. The number of nitrogens with zero attached hydrogens (tertiary/aromatic N) is 3. The van der Waals surface area contributed by atoms with Crippen molar-refractivity contribution in [3.8, 4) is 16.9 Å². The van der Waals surface area contributed by atoms with Crippen molar-refractivity contribution < 1.29 is 9.47 Å². The van der Waals surface area contributed by atoms with Crippen LogP contribution in [0.3, 0.4) is 0 Å². The summed E-state index contributed by atoms with van der Waals surface area (Å²) in [5.74, 6) is 1.96. The molecule has 0 amide bonds. The predicted octanol–water partition coefficient (Wildman–Crippen LogP) is 4.88. The highest BCUT2D eigenvalue weighted by Crippen LogP contribution is 2.35. The van der Waals surface area contributed by atoms with E-state index in [0.717, 1.165) is 46.7 Å². The molecule has 2 aromatic heterocycles. The van der Waals surface area contributed by atoms with E-state index in [-0.39, 0.29) is 6.04 Å². The molecule has 1 aromatic carbocycles. The van der Waals surface area contributed by atoms with Gasteiger partial charge in [0.2, 0.25) is 0 Å². The maximum atomic E-state index is 5.47. The predicted molar refractivity (Wildman–Crippen MR) is 110 cm³/mol. The van der Waals surface area contributed by atoms with E-state index in [4.69, 9.17) is 19.4 Å². The van der Waals surface area contributed by atoms with E-state index in [2.05, 4.69) is 50.5 Å². The van der Waals surface area contributed by atoms with Crippen LogP contribution in [0.5, 0.6) is 5.75 Å². The normalized spacial score (nSPS) is 12.5. The molecule has 0 saturated carbocycles. The number of aryl methyl sites for hydroxylation is 3. The Morgan fingerprint density at radius 1 is 1.07 bits per heavy atom. The zero-order valence-corrected chi connectivity index (χ0v) is 17.2. The maximum Gasteiger partial charge on any atom is 0.160 e. The molecular formula is C22H29N3O2. The standard InChI is InChI=1S/C22H29N3O2/c1-7-16(13-26-5)25-20(8-2)24-21-17(9-10-23-22(21)25)18-11-15(4)19(27-6)12-14(18)3/h9-12,16H,7-8,13H2,1-6H3. The largest absolute Gasteiger partial charge is 0.496 e. The van der Waals surface area contributed by atoms with Crippen LogP contribution in [0.2, 0.25) is 0 Å². The number of hydrogen-bond acceptors (Lipinski definition) is 4. The molecule has 0 N–H and O–H groups in total. The number of fused-ring (bicyclic) bond motifs is 1. The Bertz CT molecular complexity index is 946. The lowest BCUT2D eigenvalue weighted by atomic mass is 9.98. The second-order valence-electron chi connectivity index (χ2n) is 6.94. The highest BCUT2D eigenvalue weighted by molar-refractivity contribution is 5.91. The average molecular weight is 367 g/mol. The molecule has 3 aromatic rings. The lowest BCUT2D eigenvalue weighted by Gasteiger charge is -2.18. The fourth-order valence-corrected chi connectivity index (χ4v) is 3.75. The van der Waals surface area contributed by atoms with Crippen molar-refractivity contribution in [2.45, 2.75) is 46.6 Å². The topological polar surface area (TPSA) is 49.2 Å². The van der Waals surface area contributed by atoms with Gasteiger partial charge in [-0.05, 0) is 55.2 Å². The van der Waals surface area contributed by atoms with Crippen LogP contribution < -0.4 is 4.74 Å². The summed E-state index contributed by atoms with van der Waals surface area (Å²) >= 11 is 0. The third-order valence-corrected chi connectivity index (χ3v) is 5.20. The average Bonchev–Trinajstić information content (AvgIpc) is 3.06. The van der Waals surface area contributed by atoms with Crippen molar-refractivity contribution in [2.75, 3.05) is 20.8 Å². The number of hydrogen-bond donors (Lipinski definition) is 0. The van der Waals surface area contributed by atoms with E-state index in [1.54, 1.807) is 14.2 Å². The van der Waals surface area contributed by atoms with Crippen molar-refractivity contribution in [1.29, 1.82) is 0 Å². The van der Waals surface area contributed by atoms with Gasteiger partial charge in [-0.1, -0.05) is 13.8 Å². The van der Waals surface area contributed by atoms with Gasteiger partial charge in [0.25, 0.3) is 0 Å². The first kappa shape index (κ1) is 19.4. The van der Waals surface area contributed by atoms with Gasteiger partial charge < -0.3 is 14.0 Å². The van der Waals surface area contributed by atoms with Crippen LogP contribution in [0, 0.1) is 13.8 Å².